The lowest BCUT2D eigenvalue weighted by molar-refractivity contribution is 0.271. The van der Waals surface area contributed by atoms with Crippen LogP contribution in [0.4, 0.5) is 0 Å². The van der Waals surface area contributed by atoms with Crippen molar-refractivity contribution in [2.75, 3.05) is 0 Å². The number of nitrogens with zero attached hydrogens (tertiary/aromatic N) is 1. The van der Waals surface area contributed by atoms with E-state index in [9.17, 15) is 8.42 Å². The van der Waals surface area contributed by atoms with Crippen molar-refractivity contribution in [3.63, 3.8) is 0 Å². The lowest BCUT2D eigenvalue weighted by Gasteiger charge is -2.12. The number of fused-ring (bicyclic) bond motifs is 1. The van der Waals surface area contributed by atoms with Crippen LogP contribution in [-0.2, 0) is 14.3 Å². The summed E-state index contributed by atoms with van der Waals surface area (Å²) in [6.07, 6.45) is 5.43. The van der Waals surface area contributed by atoms with Crippen LogP contribution in [0.1, 0.15) is 26.2 Å². The summed E-state index contributed by atoms with van der Waals surface area (Å²) in [4.78, 5) is 4.10. The molecule has 4 nitrogen and oxygen atoms in total. The lowest BCUT2D eigenvalue weighted by Crippen LogP contribution is -2.14. The maximum absolute atomic E-state index is 12.3. The molecule has 1 atom stereocenters. The highest BCUT2D eigenvalue weighted by molar-refractivity contribution is 7.87. The third-order valence-corrected chi connectivity index (χ3v) is 4.72. The van der Waals surface area contributed by atoms with Crippen LogP contribution in [-0.4, -0.2) is 19.0 Å². The number of unbranched alkanes of at least 4 members (excludes halogenated alkanes) is 1. The molecular weight excluding hydrogens is 333 g/mol. The van der Waals surface area contributed by atoms with Gasteiger partial charge in [0.15, 0.2) is 5.56 Å². The Bertz CT molecular complexity index is 686. The molecular formula is C14H17Cl2NO3S. The van der Waals surface area contributed by atoms with Gasteiger partial charge in [0.25, 0.3) is 10.1 Å². The van der Waals surface area contributed by atoms with Gasteiger partial charge in [-0.25, -0.2) is 4.18 Å². The average Bonchev–Trinajstić information content (AvgIpc) is 2.44. The highest BCUT2D eigenvalue weighted by Gasteiger charge is 2.22. The van der Waals surface area contributed by atoms with E-state index in [0.29, 0.717) is 11.8 Å². The smallest absolute Gasteiger partial charge is 0.264 e. The minimum Gasteiger partial charge on any atom is -0.264 e. The van der Waals surface area contributed by atoms with Crippen molar-refractivity contribution in [3.8, 4) is 0 Å². The van der Waals surface area contributed by atoms with Crippen molar-refractivity contribution in [2.24, 2.45) is 0 Å². The van der Waals surface area contributed by atoms with Crippen molar-refractivity contribution in [1.82, 2.24) is 4.98 Å². The molecule has 0 saturated carbocycles. The van der Waals surface area contributed by atoms with Crippen molar-refractivity contribution in [1.29, 1.82) is 0 Å². The lowest BCUT2D eigenvalue weighted by atomic mass is 10.2. The molecule has 1 heterocycles. The van der Waals surface area contributed by atoms with Crippen molar-refractivity contribution >= 4 is 44.9 Å². The molecule has 1 aromatic carbocycles. The van der Waals surface area contributed by atoms with Crippen LogP contribution in [0, 0.1) is 0 Å². The Labute approximate surface area is 136 Å². The van der Waals surface area contributed by atoms with Gasteiger partial charge in [0.2, 0.25) is 0 Å². The Kier molecular flexibility index (Phi) is 6.87. The number of hydrogen-bond acceptors (Lipinski definition) is 4. The predicted molar refractivity (Wildman–Crippen MR) is 86.4 cm³/mol. The molecule has 2 rings (SSSR count). The van der Waals surface area contributed by atoms with Crippen LogP contribution in [0.25, 0.3) is 10.8 Å². The third-order valence-electron chi connectivity index (χ3n) is 2.93. The fraction of sp³-hybridized carbons (Fsp3) is 0.357. The molecule has 21 heavy (non-hydrogen) atoms. The fourth-order valence-corrected chi connectivity index (χ4v) is 3.53. The molecule has 1 aromatic heterocycles. The average molecular weight is 350 g/mol. The normalized spacial score (nSPS) is 12.9. The van der Waals surface area contributed by atoms with Crippen molar-refractivity contribution < 1.29 is 12.6 Å². The van der Waals surface area contributed by atoms with Crippen molar-refractivity contribution in [3.05, 3.63) is 36.7 Å². The van der Waals surface area contributed by atoms with E-state index < -0.39 is 15.7 Å². The number of hydrogen-bond donors (Lipinski definition) is 0. The van der Waals surface area contributed by atoms with Crippen LogP contribution >= 0.6 is 24.0 Å². The summed E-state index contributed by atoms with van der Waals surface area (Å²) >= 11 is 5.93. The van der Waals surface area contributed by atoms with E-state index in [4.69, 9.17) is 15.8 Å². The molecule has 116 valence electrons. The molecule has 0 bridgehead atoms. The quantitative estimate of drug-likeness (QED) is 0.581. The highest BCUT2D eigenvalue weighted by Crippen LogP contribution is 2.25. The molecule has 0 N–H and O–H groups in total. The van der Waals surface area contributed by atoms with E-state index in [1.807, 2.05) is 6.92 Å². The van der Waals surface area contributed by atoms with E-state index in [1.165, 1.54) is 6.07 Å². The Morgan fingerprint density at radius 1 is 1.33 bits per heavy atom. The molecule has 7 heteroatoms. The van der Waals surface area contributed by atoms with Crippen LogP contribution < -0.4 is 0 Å². The Hall–Kier alpha value is -0.880. The minimum absolute atomic E-state index is 0. The van der Waals surface area contributed by atoms with Gasteiger partial charge in [-0.1, -0.05) is 37.1 Å². The topological polar surface area (TPSA) is 56.3 Å². The first-order chi connectivity index (χ1) is 9.54. The number of alkyl halides is 1. The van der Waals surface area contributed by atoms with E-state index >= 15 is 0 Å². The number of aromatic nitrogens is 1. The van der Waals surface area contributed by atoms with Gasteiger partial charge < -0.3 is 0 Å². The maximum atomic E-state index is 12.3. The second-order valence-electron chi connectivity index (χ2n) is 4.46. The van der Waals surface area contributed by atoms with Gasteiger partial charge in [0.1, 0.15) is 4.90 Å². The van der Waals surface area contributed by atoms with Crippen LogP contribution in [0.5, 0.6) is 0 Å². The SMILES string of the molecule is CCCCC(Cl)OS(=O)(=O)c1cccc2cnccc12.Cl. The standard InChI is InChI=1S/C14H16ClNO3S.ClH/c1-2-3-7-14(15)19-20(17,18)13-6-4-5-11-10-16-9-8-12(11)13;/h4-6,8-10,14H,2-3,7H2,1H3;1H. The van der Waals surface area contributed by atoms with Crippen molar-refractivity contribution in [2.45, 2.75) is 36.6 Å². The van der Waals surface area contributed by atoms with E-state index in [2.05, 4.69) is 4.98 Å². The largest absolute Gasteiger partial charge is 0.299 e. The fourth-order valence-electron chi connectivity index (χ4n) is 1.91. The summed E-state index contributed by atoms with van der Waals surface area (Å²) in [5, 5.41) is 1.33. The highest BCUT2D eigenvalue weighted by atomic mass is 35.5. The number of pyridine rings is 1. The predicted octanol–water partition coefficient (Wildman–Crippen LogP) is 4.12. The Balaban J connectivity index is 0.00000220. The molecule has 0 aliphatic heterocycles. The van der Waals surface area contributed by atoms with Crippen LogP contribution in [0.3, 0.4) is 0 Å². The van der Waals surface area contributed by atoms with Crippen LogP contribution in [0.15, 0.2) is 41.6 Å². The zero-order valence-electron chi connectivity index (χ0n) is 11.5. The second kappa shape index (κ2) is 7.94. The van der Waals surface area contributed by atoms with Gasteiger partial charge >= 0.3 is 0 Å². The van der Waals surface area contributed by atoms with E-state index in [0.717, 1.165) is 18.2 Å². The van der Waals surface area contributed by atoms with Gasteiger partial charge in [0, 0.05) is 23.2 Å². The van der Waals surface area contributed by atoms with Crippen LogP contribution in [0.2, 0.25) is 0 Å². The second-order valence-corrected chi connectivity index (χ2v) is 6.48. The molecule has 0 radical (unpaired) electrons. The molecule has 0 aliphatic carbocycles. The number of benzene rings is 1. The van der Waals surface area contributed by atoms with E-state index in [-0.39, 0.29) is 17.3 Å². The van der Waals surface area contributed by atoms with Gasteiger partial charge in [-0.05, 0) is 25.0 Å². The Morgan fingerprint density at radius 2 is 2.10 bits per heavy atom. The monoisotopic (exact) mass is 349 g/mol. The number of rotatable bonds is 6. The third kappa shape index (κ3) is 4.54. The summed E-state index contributed by atoms with van der Waals surface area (Å²) < 4.78 is 29.6. The van der Waals surface area contributed by atoms with Gasteiger partial charge in [-0.15, -0.1) is 12.4 Å². The minimum atomic E-state index is -3.88. The van der Waals surface area contributed by atoms with E-state index in [1.54, 1.807) is 30.6 Å². The zero-order chi connectivity index (χ0) is 14.6. The molecule has 0 aliphatic rings. The molecule has 0 fully saturated rings. The van der Waals surface area contributed by atoms with Gasteiger partial charge in [-0.3, -0.25) is 4.98 Å². The molecule has 1 unspecified atom stereocenters. The first kappa shape index (κ1) is 18.2. The summed E-state index contributed by atoms with van der Waals surface area (Å²) in [5.41, 5.74) is -0.836. The first-order valence-electron chi connectivity index (χ1n) is 6.44. The molecule has 2 aromatic rings. The Morgan fingerprint density at radius 3 is 2.81 bits per heavy atom. The van der Waals surface area contributed by atoms with Gasteiger partial charge in [0.05, 0.1) is 0 Å². The van der Waals surface area contributed by atoms with Gasteiger partial charge in [-0.2, -0.15) is 8.42 Å². The molecule has 0 spiro atoms. The zero-order valence-corrected chi connectivity index (χ0v) is 13.9. The maximum Gasteiger partial charge on any atom is 0.299 e. The summed E-state index contributed by atoms with van der Waals surface area (Å²) in [5.74, 6) is 0. The number of halogens is 2. The summed E-state index contributed by atoms with van der Waals surface area (Å²) in [7, 11) is -3.88. The molecule has 0 saturated heterocycles. The first-order valence-corrected chi connectivity index (χ1v) is 8.29. The molecule has 0 amide bonds. The summed E-state index contributed by atoms with van der Waals surface area (Å²) in [6, 6.07) is 6.63. The summed E-state index contributed by atoms with van der Waals surface area (Å²) in [6.45, 7) is 2.01.